The molecule has 4 N–H and O–H groups in total. The van der Waals surface area contributed by atoms with Gasteiger partial charge < -0.3 is 20.3 Å². The second-order valence-electron chi connectivity index (χ2n) is 13.3. The van der Waals surface area contributed by atoms with Crippen molar-refractivity contribution < 1.29 is 19.5 Å². The molecule has 0 radical (unpaired) electrons. The molecule has 1 unspecified atom stereocenters. The molecule has 234 valence electrons. The van der Waals surface area contributed by atoms with Crippen molar-refractivity contribution >= 4 is 17.8 Å². The Labute approximate surface area is 251 Å². The standard InChI is InChI=1S/C32H52N6O4/c39-30(37-41)27-21-35-32(36-22-27)38-16-14-25(15-17-38)19-33-18-23-10-12-24(13-11-23)20-34-29(26-6-2-1-3-7-26)31(40)42-28-8-4-5-9-28/h21-26,28-29,33-34,41H,1-20H2,(H,37,39). The number of carbonyl (C=O) groups excluding carboxylic acids is 2. The van der Waals surface area contributed by atoms with Crippen LogP contribution in [0, 0.1) is 23.7 Å². The van der Waals surface area contributed by atoms with Gasteiger partial charge in [-0.05, 0) is 120 Å². The van der Waals surface area contributed by atoms with Crippen LogP contribution in [0.2, 0.25) is 0 Å². The van der Waals surface area contributed by atoms with Gasteiger partial charge in [-0.15, -0.1) is 0 Å². The maximum Gasteiger partial charge on any atom is 0.323 e. The van der Waals surface area contributed by atoms with Crippen molar-refractivity contribution in [2.24, 2.45) is 23.7 Å². The summed E-state index contributed by atoms with van der Waals surface area (Å²) in [5.74, 6) is 2.55. The van der Waals surface area contributed by atoms with Crippen molar-refractivity contribution in [2.45, 2.75) is 108 Å². The molecule has 4 aliphatic rings. The Morgan fingerprint density at radius 3 is 2.00 bits per heavy atom. The summed E-state index contributed by atoms with van der Waals surface area (Å²) in [6.45, 7) is 4.91. The molecule has 10 nitrogen and oxygen atoms in total. The van der Waals surface area contributed by atoms with Gasteiger partial charge in [0.2, 0.25) is 5.95 Å². The van der Waals surface area contributed by atoms with E-state index in [0.29, 0.717) is 23.7 Å². The molecule has 10 heteroatoms. The summed E-state index contributed by atoms with van der Waals surface area (Å²) < 4.78 is 5.98. The average Bonchev–Trinajstić information content (AvgIpc) is 3.55. The number of aromatic nitrogens is 2. The van der Waals surface area contributed by atoms with Gasteiger partial charge in [-0.25, -0.2) is 15.4 Å². The van der Waals surface area contributed by atoms with E-state index in [9.17, 15) is 9.59 Å². The minimum absolute atomic E-state index is 0.0232. The first-order chi connectivity index (χ1) is 20.6. The van der Waals surface area contributed by atoms with E-state index in [1.807, 2.05) is 0 Å². The Bertz CT molecular complexity index is 966. The van der Waals surface area contributed by atoms with E-state index in [2.05, 4.69) is 25.5 Å². The molecule has 0 spiro atoms. The summed E-state index contributed by atoms with van der Waals surface area (Å²) in [7, 11) is 0. The third kappa shape index (κ3) is 8.86. The third-order valence-corrected chi connectivity index (χ3v) is 10.3. The topological polar surface area (TPSA) is 129 Å². The summed E-state index contributed by atoms with van der Waals surface area (Å²) in [6, 6.07) is -0.115. The molecular weight excluding hydrogens is 532 g/mol. The molecule has 1 amide bonds. The van der Waals surface area contributed by atoms with E-state index in [1.165, 1.54) is 70.2 Å². The predicted molar refractivity (Wildman–Crippen MR) is 161 cm³/mol. The van der Waals surface area contributed by atoms with Gasteiger partial charge in [-0.2, -0.15) is 0 Å². The zero-order valence-electron chi connectivity index (χ0n) is 25.3. The van der Waals surface area contributed by atoms with Crippen LogP contribution in [0.4, 0.5) is 5.95 Å². The zero-order valence-corrected chi connectivity index (χ0v) is 25.3. The number of anilines is 1. The quantitative estimate of drug-likeness (QED) is 0.162. The van der Waals surface area contributed by atoms with Crippen LogP contribution in [0.5, 0.6) is 0 Å². The number of amides is 1. The zero-order chi connectivity index (χ0) is 29.1. The minimum atomic E-state index is -0.601. The Balaban J connectivity index is 0.967. The van der Waals surface area contributed by atoms with Crippen molar-refractivity contribution in [3.8, 4) is 0 Å². The molecule has 1 saturated heterocycles. The molecule has 2 heterocycles. The fraction of sp³-hybridized carbons (Fsp3) is 0.812. The summed E-state index contributed by atoms with van der Waals surface area (Å²) >= 11 is 0. The summed E-state index contributed by atoms with van der Waals surface area (Å²) in [4.78, 5) is 35.4. The number of hydrogen-bond donors (Lipinski definition) is 4. The van der Waals surface area contributed by atoms with Gasteiger partial charge >= 0.3 is 5.97 Å². The molecule has 0 aromatic carbocycles. The number of piperidine rings is 1. The Kier molecular flexibility index (Phi) is 11.8. The van der Waals surface area contributed by atoms with Gasteiger partial charge in [0.1, 0.15) is 12.1 Å². The van der Waals surface area contributed by atoms with Crippen LogP contribution in [0.25, 0.3) is 0 Å². The highest BCUT2D eigenvalue weighted by molar-refractivity contribution is 5.92. The predicted octanol–water partition coefficient (Wildman–Crippen LogP) is 4.23. The molecular formula is C32H52N6O4. The lowest BCUT2D eigenvalue weighted by molar-refractivity contribution is -0.153. The maximum absolute atomic E-state index is 13.2. The third-order valence-electron chi connectivity index (χ3n) is 10.3. The van der Waals surface area contributed by atoms with Crippen LogP contribution >= 0.6 is 0 Å². The second-order valence-corrected chi connectivity index (χ2v) is 13.3. The first-order valence-corrected chi connectivity index (χ1v) is 16.7. The summed E-state index contributed by atoms with van der Waals surface area (Å²) in [6.07, 6.45) is 20.8. The number of nitrogens with zero attached hydrogens (tertiary/aromatic N) is 3. The lowest BCUT2D eigenvalue weighted by Gasteiger charge is -2.34. The monoisotopic (exact) mass is 584 g/mol. The second kappa shape index (κ2) is 16.0. The average molecular weight is 585 g/mol. The number of esters is 1. The van der Waals surface area contributed by atoms with Gasteiger partial charge in [0.05, 0.1) is 5.56 Å². The van der Waals surface area contributed by atoms with Crippen LogP contribution in [0.3, 0.4) is 0 Å². The van der Waals surface area contributed by atoms with E-state index < -0.39 is 5.91 Å². The Morgan fingerprint density at radius 2 is 1.38 bits per heavy atom. The molecule has 1 aliphatic heterocycles. The summed E-state index contributed by atoms with van der Waals surface area (Å²) in [5.41, 5.74) is 1.85. The van der Waals surface area contributed by atoms with E-state index in [-0.39, 0.29) is 23.7 Å². The Hall–Kier alpha value is -2.30. The number of hydrogen-bond acceptors (Lipinski definition) is 9. The van der Waals surface area contributed by atoms with Gasteiger partial charge in [0.25, 0.3) is 5.91 Å². The van der Waals surface area contributed by atoms with Gasteiger partial charge in [0.15, 0.2) is 0 Å². The molecule has 1 atom stereocenters. The largest absolute Gasteiger partial charge is 0.461 e. The highest BCUT2D eigenvalue weighted by Crippen LogP contribution is 2.31. The number of ether oxygens (including phenoxy) is 1. The molecule has 1 aromatic rings. The molecule has 5 rings (SSSR count). The van der Waals surface area contributed by atoms with E-state index >= 15 is 0 Å². The lowest BCUT2D eigenvalue weighted by atomic mass is 9.80. The normalized spacial score (nSPS) is 25.3. The molecule has 3 aliphatic carbocycles. The lowest BCUT2D eigenvalue weighted by Crippen LogP contribution is -2.47. The van der Waals surface area contributed by atoms with Crippen molar-refractivity contribution in [1.29, 1.82) is 0 Å². The SMILES string of the molecule is O=C(NO)c1cnc(N2CCC(CNCC3CCC(CNC(C(=O)OC4CCCC4)C4CCCCC4)CC3)CC2)nc1. The fourth-order valence-corrected chi connectivity index (χ4v) is 7.58. The van der Waals surface area contributed by atoms with Crippen molar-refractivity contribution in [2.75, 3.05) is 37.6 Å². The number of rotatable bonds is 12. The minimum Gasteiger partial charge on any atom is -0.461 e. The Morgan fingerprint density at radius 1 is 0.810 bits per heavy atom. The van der Waals surface area contributed by atoms with E-state index in [1.54, 1.807) is 5.48 Å². The number of carbonyl (C=O) groups is 2. The first kappa shape index (κ1) is 31.1. The number of hydroxylamine groups is 1. The highest BCUT2D eigenvalue weighted by Gasteiger charge is 2.33. The van der Waals surface area contributed by atoms with Crippen LogP contribution in [-0.2, 0) is 9.53 Å². The summed E-state index contributed by atoms with van der Waals surface area (Å²) in [5, 5.41) is 16.2. The van der Waals surface area contributed by atoms with E-state index in [0.717, 1.165) is 77.2 Å². The molecule has 42 heavy (non-hydrogen) atoms. The molecule has 3 saturated carbocycles. The van der Waals surface area contributed by atoms with Crippen LogP contribution in [-0.4, -0.2) is 71.9 Å². The van der Waals surface area contributed by atoms with Crippen LogP contribution in [0.15, 0.2) is 12.4 Å². The highest BCUT2D eigenvalue weighted by atomic mass is 16.5. The smallest absolute Gasteiger partial charge is 0.323 e. The van der Waals surface area contributed by atoms with Crippen molar-refractivity contribution in [3.63, 3.8) is 0 Å². The molecule has 1 aromatic heterocycles. The van der Waals surface area contributed by atoms with Crippen LogP contribution < -0.4 is 21.0 Å². The van der Waals surface area contributed by atoms with E-state index in [4.69, 9.17) is 9.94 Å². The van der Waals surface area contributed by atoms with Gasteiger partial charge in [0, 0.05) is 25.5 Å². The molecule has 4 fully saturated rings. The van der Waals surface area contributed by atoms with Crippen molar-refractivity contribution in [3.05, 3.63) is 18.0 Å². The van der Waals surface area contributed by atoms with Crippen molar-refractivity contribution in [1.82, 2.24) is 26.1 Å². The maximum atomic E-state index is 13.2. The van der Waals surface area contributed by atoms with Gasteiger partial charge in [-0.3, -0.25) is 14.8 Å². The van der Waals surface area contributed by atoms with Gasteiger partial charge in [-0.1, -0.05) is 19.3 Å². The van der Waals surface area contributed by atoms with Crippen LogP contribution in [0.1, 0.15) is 107 Å². The molecule has 0 bridgehead atoms. The fourth-order valence-electron chi connectivity index (χ4n) is 7.58. The first-order valence-electron chi connectivity index (χ1n) is 16.7. The number of nitrogens with one attached hydrogen (secondary N) is 3.